The van der Waals surface area contributed by atoms with Gasteiger partial charge in [0.2, 0.25) is 0 Å². The number of carbonyl (C=O) groups is 3. The summed E-state index contributed by atoms with van der Waals surface area (Å²) in [6, 6.07) is 3.59. The fourth-order valence-electron chi connectivity index (χ4n) is 3.50. The first-order valence-corrected chi connectivity index (χ1v) is 10.6. The Morgan fingerprint density at radius 2 is 2.08 bits per heavy atom. The lowest BCUT2D eigenvalue weighted by Crippen LogP contribution is -2.57. The minimum Gasteiger partial charge on any atom is -0.339 e. The topological polar surface area (TPSA) is 60.7 Å². The molecule has 8 heteroatoms. The lowest BCUT2D eigenvalue weighted by atomic mass is 10.1. The molecule has 1 saturated heterocycles. The van der Waals surface area contributed by atoms with E-state index < -0.39 is 5.25 Å². The largest absolute Gasteiger partial charge is 0.501 e. The molecule has 1 atom stereocenters. The molecule has 0 aliphatic carbocycles. The molecule has 1 fully saturated rings. The zero-order chi connectivity index (χ0) is 18.1. The summed E-state index contributed by atoms with van der Waals surface area (Å²) < 4.78 is 1.50. The van der Waals surface area contributed by atoms with Gasteiger partial charge in [-0.1, -0.05) is 6.07 Å². The maximum Gasteiger partial charge on any atom is 0.501 e. The van der Waals surface area contributed by atoms with Gasteiger partial charge in [0.05, 0.1) is 0 Å². The molecule has 4 amide bonds. The second-order valence-corrected chi connectivity index (χ2v) is 8.57. The van der Waals surface area contributed by atoms with Gasteiger partial charge in [-0.25, -0.2) is 4.79 Å². The molecular weight excluding hydrogens is 370 g/mol. The fourth-order valence-corrected chi connectivity index (χ4v) is 5.16. The van der Waals surface area contributed by atoms with E-state index in [0.717, 1.165) is 30.8 Å². The van der Waals surface area contributed by atoms with Crippen molar-refractivity contribution in [1.82, 2.24) is 9.80 Å². The maximum absolute atomic E-state index is 13.0. The normalized spacial score (nSPS) is 22.5. The third-order valence-electron chi connectivity index (χ3n) is 4.90. The minimum absolute atomic E-state index is 0.0123. The van der Waals surface area contributed by atoms with E-state index in [1.807, 2.05) is 22.9 Å². The number of urea groups is 1. The predicted octanol–water partition coefficient (Wildman–Crippen LogP) is 1.96. The summed E-state index contributed by atoms with van der Waals surface area (Å²) in [7, 11) is 0. The van der Waals surface area contributed by atoms with Crippen molar-refractivity contribution >= 4 is 46.7 Å². The summed E-state index contributed by atoms with van der Waals surface area (Å²) in [5.41, 5.74) is 0.643. The van der Waals surface area contributed by atoms with Crippen LogP contribution in [0.3, 0.4) is 0 Å². The molecule has 3 aliphatic heterocycles. The van der Waals surface area contributed by atoms with Gasteiger partial charge < -0.3 is 4.90 Å². The number of fused-ring (bicyclic) bond motifs is 1. The highest BCUT2D eigenvalue weighted by Gasteiger charge is 2.49. The second-order valence-electron chi connectivity index (χ2n) is 6.52. The molecule has 136 valence electrons. The summed E-state index contributed by atoms with van der Waals surface area (Å²) in [4.78, 5) is 42.6. The van der Waals surface area contributed by atoms with Crippen molar-refractivity contribution < 1.29 is 19.0 Å². The van der Waals surface area contributed by atoms with Crippen molar-refractivity contribution in [2.75, 3.05) is 26.2 Å². The van der Waals surface area contributed by atoms with E-state index in [0.29, 0.717) is 18.7 Å². The Morgan fingerprint density at radius 3 is 2.81 bits per heavy atom. The fraction of sp³-hybridized carbons (Fsp3) is 0.444. The Balaban J connectivity index is 1.55. The number of likely N-dealkylation sites (tertiary alicyclic amines) is 1. The van der Waals surface area contributed by atoms with E-state index in [2.05, 4.69) is 0 Å². The number of rotatable bonds is 5. The molecule has 1 aromatic rings. The molecule has 0 radical (unpaired) electrons. The number of thiophene rings is 1. The van der Waals surface area contributed by atoms with E-state index in [9.17, 15) is 14.4 Å². The average Bonchev–Trinajstić information content (AvgIpc) is 3.40. The summed E-state index contributed by atoms with van der Waals surface area (Å²) in [6.45, 7) is 1.87. The van der Waals surface area contributed by atoms with Crippen molar-refractivity contribution in [1.29, 1.82) is 0 Å². The molecule has 0 bridgehead atoms. The number of allylic oxidation sites excluding steroid dienone is 1. The van der Waals surface area contributed by atoms with E-state index in [1.165, 1.54) is 21.2 Å². The van der Waals surface area contributed by atoms with Crippen LogP contribution in [-0.4, -0.2) is 69.4 Å². The summed E-state index contributed by atoms with van der Waals surface area (Å²) in [5.74, 6) is -0.221. The first-order valence-electron chi connectivity index (χ1n) is 8.77. The second kappa shape index (κ2) is 7.36. The van der Waals surface area contributed by atoms with Gasteiger partial charge >= 0.3 is 11.9 Å². The molecule has 1 aromatic heterocycles. The lowest BCUT2D eigenvalue weighted by molar-refractivity contribution is -0.427. The van der Waals surface area contributed by atoms with Crippen molar-refractivity contribution in [2.45, 2.75) is 24.5 Å². The van der Waals surface area contributed by atoms with Crippen LogP contribution < -0.4 is 0 Å². The number of imide groups is 1. The van der Waals surface area contributed by atoms with Crippen LogP contribution in [0.25, 0.3) is 0 Å². The van der Waals surface area contributed by atoms with Crippen LogP contribution in [0.15, 0.2) is 29.0 Å². The number of nitrogens with zero attached hydrogens (tertiary/aromatic N) is 3. The molecular formula is C18H20N3O3S2+. The number of thioether (sulfide) groups is 1. The highest BCUT2D eigenvalue weighted by Crippen LogP contribution is 2.28. The molecule has 26 heavy (non-hydrogen) atoms. The molecule has 1 unspecified atom stereocenters. The van der Waals surface area contributed by atoms with Gasteiger partial charge in [-0.05, 0) is 35.8 Å². The van der Waals surface area contributed by atoms with E-state index >= 15 is 0 Å². The van der Waals surface area contributed by atoms with Crippen LogP contribution >= 0.6 is 23.1 Å². The van der Waals surface area contributed by atoms with Gasteiger partial charge in [0, 0.05) is 24.4 Å². The standard InChI is InChI=1S/C18H20N3O3S2/c22-15(19-7-1-2-8-19)12-21-14-6-11-26-16(14)17(23)20(18(21)24)9-5-13-4-3-10-25-13/h3-4,6,10-11,16H,1-2,5,7-9,12H2/q+1. The van der Waals surface area contributed by atoms with Gasteiger partial charge in [-0.2, -0.15) is 14.3 Å². The van der Waals surface area contributed by atoms with Crippen molar-refractivity contribution in [3.05, 3.63) is 33.9 Å². The predicted molar refractivity (Wildman–Crippen MR) is 102 cm³/mol. The van der Waals surface area contributed by atoms with Gasteiger partial charge in [0.15, 0.2) is 11.8 Å². The average molecular weight is 391 g/mol. The SMILES string of the molecule is O=C(C[N+]1=C2C=CSC2C(=O)N(CCc2cccs2)C1=O)N1CCCC1. The number of hydrogen-bond donors (Lipinski definition) is 0. The summed E-state index contributed by atoms with van der Waals surface area (Å²) in [6.07, 6.45) is 4.46. The zero-order valence-electron chi connectivity index (χ0n) is 14.3. The highest BCUT2D eigenvalue weighted by molar-refractivity contribution is 8.04. The van der Waals surface area contributed by atoms with Crippen LogP contribution in [-0.2, 0) is 16.0 Å². The monoisotopic (exact) mass is 390 g/mol. The summed E-state index contributed by atoms with van der Waals surface area (Å²) in [5, 5.41) is 3.41. The number of hydrogen-bond acceptors (Lipinski definition) is 5. The third kappa shape index (κ3) is 3.23. The van der Waals surface area contributed by atoms with E-state index in [1.54, 1.807) is 22.3 Å². The van der Waals surface area contributed by atoms with Gasteiger partial charge in [-0.3, -0.25) is 4.79 Å². The Hall–Kier alpha value is -1.93. The first kappa shape index (κ1) is 17.5. The smallest absolute Gasteiger partial charge is 0.339 e. The van der Waals surface area contributed by atoms with Gasteiger partial charge in [0.1, 0.15) is 12.3 Å². The van der Waals surface area contributed by atoms with Gasteiger partial charge in [0.25, 0.3) is 5.91 Å². The molecule has 4 rings (SSSR count). The molecule has 0 N–H and O–H groups in total. The third-order valence-corrected chi connectivity index (χ3v) is 6.84. The van der Waals surface area contributed by atoms with Crippen LogP contribution in [0.4, 0.5) is 4.79 Å². The first-order chi connectivity index (χ1) is 12.6. The van der Waals surface area contributed by atoms with Crippen LogP contribution in [0, 0.1) is 0 Å². The van der Waals surface area contributed by atoms with Crippen LogP contribution in [0.5, 0.6) is 0 Å². The van der Waals surface area contributed by atoms with Crippen molar-refractivity contribution in [2.24, 2.45) is 0 Å². The van der Waals surface area contributed by atoms with Crippen LogP contribution in [0.1, 0.15) is 17.7 Å². The Kier molecular flexibility index (Phi) is 4.95. The van der Waals surface area contributed by atoms with Crippen molar-refractivity contribution in [3.63, 3.8) is 0 Å². The number of carbonyl (C=O) groups excluding carboxylic acids is 3. The van der Waals surface area contributed by atoms with Crippen LogP contribution in [0.2, 0.25) is 0 Å². The van der Waals surface area contributed by atoms with Crippen molar-refractivity contribution in [3.8, 4) is 0 Å². The lowest BCUT2D eigenvalue weighted by Gasteiger charge is -2.25. The van der Waals surface area contributed by atoms with E-state index in [4.69, 9.17) is 0 Å². The molecule has 0 saturated carbocycles. The Labute approximate surface area is 160 Å². The summed E-state index contributed by atoms with van der Waals surface area (Å²) >= 11 is 3.02. The zero-order valence-corrected chi connectivity index (χ0v) is 15.9. The van der Waals surface area contributed by atoms with Gasteiger partial charge in [-0.15, -0.1) is 23.1 Å². The molecule has 6 nitrogen and oxygen atoms in total. The number of amides is 4. The molecule has 0 spiro atoms. The molecule has 0 aromatic carbocycles. The minimum atomic E-state index is -0.414. The molecule has 3 aliphatic rings. The Morgan fingerprint density at radius 1 is 1.27 bits per heavy atom. The Bertz CT molecular complexity index is 795. The highest BCUT2D eigenvalue weighted by atomic mass is 32.2. The van der Waals surface area contributed by atoms with E-state index in [-0.39, 0.29) is 24.4 Å². The molecule has 4 heterocycles. The quantitative estimate of drug-likeness (QED) is 0.721. The maximum atomic E-state index is 13.0.